The zero-order valence-corrected chi connectivity index (χ0v) is 17.2. The van der Waals surface area contributed by atoms with Gasteiger partial charge in [0.2, 0.25) is 5.82 Å². The number of amides is 1. The number of hydrogen-bond donors (Lipinski definition) is 2. The Morgan fingerprint density at radius 1 is 1.16 bits per heavy atom. The summed E-state index contributed by atoms with van der Waals surface area (Å²) in [7, 11) is 0. The molecule has 0 radical (unpaired) electrons. The second-order valence-corrected chi connectivity index (χ2v) is 8.06. The van der Waals surface area contributed by atoms with Crippen molar-refractivity contribution in [3.63, 3.8) is 0 Å². The SMILES string of the molecule is CC(C)n1ncc2cnc(C(=O)NC3(c4ccc(-c5cnc[nH]c5=O)cc4)CC3)nc21. The molecule has 1 amide bonds. The second kappa shape index (κ2) is 7.12. The largest absolute Gasteiger partial charge is 0.340 e. The first-order chi connectivity index (χ1) is 15.0. The maximum absolute atomic E-state index is 12.9. The first-order valence-corrected chi connectivity index (χ1v) is 10.1. The van der Waals surface area contributed by atoms with Crippen LogP contribution in [0, 0.1) is 0 Å². The van der Waals surface area contributed by atoms with Gasteiger partial charge >= 0.3 is 0 Å². The molecule has 1 aliphatic rings. The molecule has 0 atom stereocenters. The number of aromatic amines is 1. The van der Waals surface area contributed by atoms with E-state index in [4.69, 9.17) is 0 Å². The van der Waals surface area contributed by atoms with E-state index in [-0.39, 0.29) is 23.3 Å². The third-order valence-electron chi connectivity index (χ3n) is 5.60. The molecule has 0 aliphatic heterocycles. The Kier molecular flexibility index (Phi) is 4.39. The summed E-state index contributed by atoms with van der Waals surface area (Å²) in [6.45, 7) is 4.02. The highest BCUT2D eigenvalue weighted by molar-refractivity contribution is 5.93. The highest BCUT2D eigenvalue weighted by Gasteiger charge is 2.46. The number of hydrogen-bond acceptors (Lipinski definition) is 6. The van der Waals surface area contributed by atoms with E-state index >= 15 is 0 Å². The molecule has 0 spiro atoms. The Morgan fingerprint density at radius 2 is 1.94 bits per heavy atom. The van der Waals surface area contributed by atoms with Crippen LogP contribution in [0.2, 0.25) is 0 Å². The Morgan fingerprint density at radius 3 is 2.61 bits per heavy atom. The van der Waals surface area contributed by atoms with Gasteiger partial charge in [0.25, 0.3) is 11.5 Å². The average Bonchev–Trinajstić information content (AvgIpc) is 3.42. The number of nitrogens with one attached hydrogen (secondary N) is 2. The lowest BCUT2D eigenvalue weighted by Crippen LogP contribution is -2.36. The first kappa shape index (κ1) is 19.1. The van der Waals surface area contributed by atoms with Crippen molar-refractivity contribution in [3.8, 4) is 11.1 Å². The first-order valence-electron chi connectivity index (χ1n) is 10.1. The summed E-state index contributed by atoms with van der Waals surface area (Å²) >= 11 is 0. The van der Waals surface area contributed by atoms with Gasteiger partial charge in [0.1, 0.15) is 0 Å². The van der Waals surface area contributed by atoms with Gasteiger partial charge in [0.05, 0.1) is 29.0 Å². The number of H-pyrrole nitrogens is 1. The monoisotopic (exact) mass is 415 g/mol. The standard InChI is InChI=1S/C22H21N7O2/c1-13(2)29-19-15(10-26-29)9-24-18(27-19)21(31)28-22(7-8-22)16-5-3-14(4-6-16)17-11-23-12-25-20(17)30/h3-6,9-13H,7-8H2,1-2H3,(H,28,31)(H,23,25,30). The predicted molar refractivity (Wildman–Crippen MR) is 114 cm³/mol. The van der Waals surface area contributed by atoms with Crippen LogP contribution in [0.15, 0.2) is 54.0 Å². The lowest BCUT2D eigenvalue weighted by molar-refractivity contribution is 0.0920. The summed E-state index contributed by atoms with van der Waals surface area (Å²) in [6, 6.07) is 7.75. The molecule has 1 saturated carbocycles. The van der Waals surface area contributed by atoms with Crippen molar-refractivity contribution in [1.29, 1.82) is 0 Å². The summed E-state index contributed by atoms with van der Waals surface area (Å²) in [4.78, 5) is 40.2. The van der Waals surface area contributed by atoms with E-state index in [0.717, 1.165) is 29.4 Å². The van der Waals surface area contributed by atoms with Crippen molar-refractivity contribution in [2.45, 2.75) is 38.3 Å². The van der Waals surface area contributed by atoms with Gasteiger partial charge in [-0.05, 0) is 37.8 Å². The van der Waals surface area contributed by atoms with Crippen LogP contribution in [0.3, 0.4) is 0 Å². The van der Waals surface area contributed by atoms with Crippen LogP contribution in [0.25, 0.3) is 22.2 Å². The number of fused-ring (bicyclic) bond motifs is 1. The molecule has 0 unspecified atom stereocenters. The molecule has 4 aromatic rings. The summed E-state index contributed by atoms with van der Waals surface area (Å²) in [6.07, 6.45) is 7.90. The van der Waals surface area contributed by atoms with Crippen LogP contribution in [0.5, 0.6) is 0 Å². The van der Waals surface area contributed by atoms with E-state index in [2.05, 4.69) is 30.4 Å². The molecule has 1 aromatic carbocycles. The highest BCUT2D eigenvalue weighted by atomic mass is 16.2. The molecule has 5 rings (SSSR count). The minimum Gasteiger partial charge on any atom is -0.340 e. The molecule has 3 heterocycles. The molecular formula is C22H21N7O2. The van der Waals surface area contributed by atoms with Gasteiger partial charge < -0.3 is 10.3 Å². The van der Waals surface area contributed by atoms with Crippen LogP contribution < -0.4 is 10.9 Å². The predicted octanol–water partition coefficient (Wildman–Crippen LogP) is 2.58. The number of aromatic nitrogens is 6. The molecular weight excluding hydrogens is 394 g/mol. The van der Waals surface area contributed by atoms with Crippen LogP contribution in [0.4, 0.5) is 0 Å². The van der Waals surface area contributed by atoms with Crippen molar-refractivity contribution < 1.29 is 4.79 Å². The van der Waals surface area contributed by atoms with Crippen molar-refractivity contribution >= 4 is 16.9 Å². The quantitative estimate of drug-likeness (QED) is 0.517. The summed E-state index contributed by atoms with van der Waals surface area (Å²) in [5.41, 5.74) is 2.28. The summed E-state index contributed by atoms with van der Waals surface area (Å²) < 4.78 is 1.78. The van der Waals surface area contributed by atoms with Crippen molar-refractivity contribution in [3.05, 3.63) is 70.9 Å². The van der Waals surface area contributed by atoms with Gasteiger partial charge in [0.15, 0.2) is 5.65 Å². The number of nitrogens with zero attached hydrogens (tertiary/aromatic N) is 5. The fraction of sp³-hybridized carbons (Fsp3) is 0.273. The van der Waals surface area contributed by atoms with E-state index in [0.29, 0.717) is 11.2 Å². The molecule has 1 aliphatic carbocycles. The third-order valence-corrected chi connectivity index (χ3v) is 5.60. The van der Waals surface area contributed by atoms with E-state index < -0.39 is 5.54 Å². The molecule has 156 valence electrons. The third kappa shape index (κ3) is 3.37. The van der Waals surface area contributed by atoms with Crippen molar-refractivity contribution in [2.24, 2.45) is 0 Å². The van der Waals surface area contributed by atoms with E-state index in [1.165, 1.54) is 12.5 Å². The Hall–Kier alpha value is -3.88. The van der Waals surface area contributed by atoms with Crippen LogP contribution in [-0.4, -0.2) is 35.6 Å². The molecule has 0 bridgehead atoms. The topological polar surface area (TPSA) is 118 Å². The zero-order chi connectivity index (χ0) is 21.6. The van der Waals surface area contributed by atoms with E-state index in [1.807, 2.05) is 38.1 Å². The molecule has 3 aromatic heterocycles. The van der Waals surface area contributed by atoms with Gasteiger partial charge in [-0.1, -0.05) is 24.3 Å². The van der Waals surface area contributed by atoms with Crippen molar-refractivity contribution in [2.75, 3.05) is 0 Å². The maximum Gasteiger partial charge on any atom is 0.289 e. The van der Waals surface area contributed by atoms with Crippen molar-refractivity contribution in [1.82, 2.24) is 35.0 Å². The molecule has 1 fully saturated rings. The Balaban J connectivity index is 1.39. The molecule has 9 heteroatoms. The smallest absolute Gasteiger partial charge is 0.289 e. The van der Waals surface area contributed by atoms with Crippen LogP contribution >= 0.6 is 0 Å². The molecule has 2 N–H and O–H groups in total. The van der Waals surface area contributed by atoms with Gasteiger partial charge in [-0.3, -0.25) is 9.59 Å². The lowest BCUT2D eigenvalue weighted by atomic mass is 10.0. The Labute approximate surface area is 177 Å². The van der Waals surface area contributed by atoms with E-state index in [9.17, 15) is 9.59 Å². The van der Waals surface area contributed by atoms with Gasteiger partial charge in [-0.2, -0.15) is 5.10 Å². The number of rotatable bonds is 5. The zero-order valence-electron chi connectivity index (χ0n) is 17.2. The minimum absolute atomic E-state index is 0.125. The molecule has 9 nitrogen and oxygen atoms in total. The van der Waals surface area contributed by atoms with Crippen LogP contribution in [-0.2, 0) is 5.54 Å². The van der Waals surface area contributed by atoms with E-state index in [1.54, 1.807) is 17.1 Å². The summed E-state index contributed by atoms with van der Waals surface area (Å²) in [5, 5.41) is 8.22. The lowest BCUT2D eigenvalue weighted by Gasteiger charge is -2.18. The minimum atomic E-state index is -0.437. The average molecular weight is 415 g/mol. The normalized spacial score (nSPS) is 14.7. The second-order valence-electron chi connectivity index (χ2n) is 8.06. The van der Waals surface area contributed by atoms with Gasteiger partial charge in [-0.15, -0.1) is 0 Å². The number of carbonyl (C=O) groups is 1. The van der Waals surface area contributed by atoms with Gasteiger partial charge in [-0.25, -0.2) is 19.6 Å². The summed E-state index contributed by atoms with van der Waals surface area (Å²) in [5.74, 6) is -0.191. The number of carbonyl (C=O) groups excluding carboxylic acids is 1. The maximum atomic E-state index is 12.9. The van der Waals surface area contributed by atoms with Crippen LogP contribution in [0.1, 0.15) is 48.9 Å². The van der Waals surface area contributed by atoms with Gasteiger partial charge in [0, 0.05) is 18.4 Å². The fourth-order valence-electron chi connectivity index (χ4n) is 3.73. The Bertz CT molecular complexity index is 1330. The highest BCUT2D eigenvalue weighted by Crippen LogP contribution is 2.45. The molecule has 0 saturated heterocycles. The number of benzene rings is 1. The fourth-order valence-corrected chi connectivity index (χ4v) is 3.73. The molecule has 31 heavy (non-hydrogen) atoms.